The van der Waals surface area contributed by atoms with Crippen LogP contribution in [0.1, 0.15) is 0 Å². The minimum Gasteiger partial charge on any atom is -0.477 e. The predicted octanol–water partition coefficient (Wildman–Crippen LogP) is 2.38. The molecular formula is C8H5ClFNO. The van der Waals surface area contributed by atoms with E-state index in [4.69, 9.17) is 21.6 Å². The van der Waals surface area contributed by atoms with Gasteiger partial charge in [0.25, 0.3) is 0 Å². The van der Waals surface area contributed by atoms with Crippen molar-refractivity contribution in [1.82, 2.24) is 0 Å². The summed E-state index contributed by atoms with van der Waals surface area (Å²) in [4.78, 5) is 0. The molecule has 1 rings (SSSR count). The van der Waals surface area contributed by atoms with Crippen LogP contribution >= 0.6 is 11.6 Å². The molecule has 0 fully saturated rings. The fourth-order valence-corrected chi connectivity index (χ4v) is 0.924. The first kappa shape index (κ1) is 8.82. The van der Waals surface area contributed by atoms with Crippen molar-refractivity contribution >= 4 is 11.6 Å². The molecule has 0 aliphatic rings. The second kappa shape index (κ2) is 3.93. The maximum atomic E-state index is 12.5. The first-order valence-corrected chi connectivity index (χ1v) is 3.56. The monoisotopic (exact) mass is 185 g/mol. The van der Waals surface area contributed by atoms with E-state index in [-0.39, 0.29) is 11.6 Å². The number of rotatable bonds is 2. The van der Waals surface area contributed by atoms with Crippen molar-refractivity contribution in [3.8, 4) is 11.8 Å². The molecule has 0 N–H and O–H groups in total. The number of halogens is 2. The molecule has 0 unspecified atom stereocenters. The molecule has 1 aromatic rings. The van der Waals surface area contributed by atoms with Gasteiger partial charge in [0.2, 0.25) is 0 Å². The maximum absolute atomic E-state index is 12.5. The summed E-state index contributed by atoms with van der Waals surface area (Å²) in [6, 6.07) is 5.52. The normalized spacial score (nSPS) is 9.08. The van der Waals surface area contributed by atoms with E-state index in [1.807, 2.05) is 0 Å². The van der Waals surface area contributed by atoms with Gasteiger partial charge in [-0.05, 0) is 18.2 Å². The molecule has 0 saturated carbocycles. The number of hydrogen-bond acceptors (Lipinski definition) is 2. The van der Waals surface area contributed by atoms with Crippen molar-refractivity contribution in [3.63, 3.8) is 0 Å². The van der Waals surface area contributed by atoms with Crippen molar-refractivity contribution in [1.29, 1.82) is 5.26 Å². The summed E-state index contributed by atoms with van der Waals surface area (Å²) in [5, 5.41) is 8.35. The van der Waals surface area contributed by atoms with Gasteiger partial charge in [-0.1, -0.05) is 11.6 Å². The highest BCUT2D eigenvalue weighted by molar-refractivity contribution is 6.32. The van der Waals surface area contributed by atoms with Crippen LogP contribution < -0.4 is 4.74 Å². The largest absolute Gasteiger partial charge is 0.477 e. The number of nitrogens with zero attached hydrogens (tertiary/aromatic N) is 1. The van der Waals surface area contributed by atoms with Gasteiger partial charge in [0.05, 0.1) is 5.02 Å². The van der Waals surface area contributed by atoms with Crippen LogP contribution in [0, 0.1) is 17.1 Å². The van der Waals surface area contributed by atoms with Crippen LogP contribution in [-0.4, -0.2) is 6.61 Å². The highest BCUT2D eigenvalue weighted by Gasteiger charge is 2.01. The molecule has 0 saturated heterocycles. The van der Waals surface area contributed by atoms with Crippen LogP contribution in [0.3, 0.4) is 0 Å². The SMILES string of the molecule is N#CCOc1ccc(F)cc1Cl. The topological polar surface area (TPSA) is 33.0 Å². The van der Waals surface area contributed by atoms with Crippen LogP contribution in [0.25, 0.3) is 0 Å². The highest BCUT2D eigenvalue weighted by Crippen LogP contribution is 2.24. The second-order valence-corrected chi connectivity index (χ2v) is 2.43. The van der Waals surface area contributed by atoms with Crippen LogP contribution in [-0.2, 0) is 0 Å². The lowest BCUT2D eigenvalue weighted by molar-refractivity contribution is 0.367. The molecule has 12 heavy (non-hydrogen) atoms. The second-order valence-electron chi connectivity index (χ2n) is 2.02. The van der Waals surface area contributed by atoms with Gasteiger partial charge in [-0.15, -0.1) is 0 Å². The Morgan fingerprint density at radius 1 is 1.58 bits per heavy atom. The third-order valence-corrected chi connectivity index (χ3v) is 1.48. The summed E-state index contributed by atoms with van der Waals surface area (Å²) >= 11 is 5.59. The Hall–Kier alpha value is -1.27. The van der Waals surface area contributed by atoms with Crippen molar-refractivity contribution in [2.45, 2.75) is 0 Å². The van der Waals surface area contributed by atoms with Crippen LogP contribution in [0.15, 0.2) is 18.2 Å². The average molecular weight is 186 g/mol. The van der Waals surface area contributed by atoms with Gasteiger partial charge >= 0.3 is 0 Å². The Bertz CT molecular complexity index is 321. The fourth-order valence-electron chi connectivity index (χ4n) is 0.702. The number of ether oxygens (including phenoxy) is 1. The standard InChI is InChI=1S/C8H5ClFNO/c9-7-5-6(10)1-2-8(7)12-4-3-11/h1-2,5H,4H2. The molecule has 0 heterocycles. The van der Waals surface area contributed by atoms with Crippen LogP contribution in [0.2, 0.25) is 5.02 Å². The average Bonchev–Trinajstić information content (AvgIpc) is 2.03. The molecule has 0 aliphatic carbocycles. The van der Waals surface area contributed by atoms with Crippen LogP contribution in [0.5, 0.6) is 5.75 Å². The molecule has 0 spiro atoms. The van der Waals surface area contributed by atoms with Crippen molar-refractivity contribution in [2.75, 3.05) is 6.61 Å². The van der Waals surface area contributed by atoms with E-state index in [1.165, 1.54) is 12.1 Å². The van der Waals surface area contributed by atoms with Gasteiger partial charge in [0.1, 0.15) is 17.6 Å². The van der Waals surface area contributed by atoms with E-state index in [0.717, 1.165) is 6.07 Å². The zero-order valence-electron chi connectivity index (χ0n) is 6.05. The Morgan fingerprint density at radius 3 is 2.92 bits per heavy atom. The summed E-state index contributed by atoms with van der Waals surface area (Å²) in [5.41, 5.74) is 0. The quantitative estimate of drug-likeness (QED) is 0.709. The predicted molar refractivity (Wildman–Crippen MR) is 42.5 cm³/mol. The summed E-state index contributed by atoms with van der Waals surface area (Å²) in [5.74, 6) is -0.107. The molecule has 1 aromatic carbocycles. The Labute approximate surface area is 74.1 Å². The minimum atomic E-state index is -0.427. The number of nitriles is 1. The lowest BCUT2D eigenvalue weighted by Crippen LogP contribution is -1.94. The summed E-state index contributed by atoms with van der Waals surface area (Å²) in [6.07, 6.45) is 0. The minimum absolute atomic E-state index is 0.0919. The highest BCUT2D eigenvalue weighted by atomic mass is 35.5. The molecule has 0 amide bonds. The van der Waals surface area contributed by atoms with Crippen molar-refractivity contribution < 1.29 is 9.13 Å². The molecular weight excluding hydrogens is 181 g/mol. The summed E-state index contributed by atoms with van der Waals surface area (Å²) < 4.78 is 17.3. The van der Waals surface area contributed by atoms with E-state index < -0.39 is 5.82 Å². The van der Waals surface area contributed by atoms with Crippen molar-refractivity contribution in [2.24, 2.45) is 0 Å². The smallest absolute Gasteiger partial charge is 0.174 e. The van der Waals surface area contributed by atoms with Gasteiger partial charge in [-0.2, -0.15) is 5.26 Å². The van der Waals surface area contributed by atoms with E-state index in [9.17, 15) is 4.39 Å². The van der Waals surface area contributed by atoms with Gasteiger partial charge in [0, 0.05) is 0 Å². The number of hydrogen-bond donors (Lipinski definition) is 0. The first-order chi connectivity index (χ1) is 5.74. The summed E-state index contributed by atoms with van der Waals surface area (Å²) in [6.45, 7) is -0.0919. The maximum Gasteiger partial charge on any atom is 0.174 e. The number of benzene rings is 1. The Morgan fingerprint density at radius 2 is 2.33 bits per heavy atom. The fraction of sp³-hybridized carbons (Fsp3) is 0.125. The lowest BCUT2D eigenvalue weighted by atomic mass is 10.3. The summed E-state index contributed by atoms with van der Waals surface area (Å²) in [7, 11) is 0. The molecule has 0 aliphatic heterocycles. The molecule has 0 atom stereocenters. The third kappa shape index (κ3) is 2.11. The third-order valence-electron chi connectivity index (χ3n) is 1.19. The zero-order chi connectivity index (χ0) is 8.97. The van der Waals surface area contributed by atoms with Gasteiger partial charge in [-0.3, -0.25) is 0 Å². The van der Waals surface area contributed by atoms with Gasteiger partial charge in [0.15, 0.2) is 6.61 Å². The molecule has 0 bridgehead atoms. The first-order valence-electron chi connectivity index (χ1n) is 3.19. The Kier molecular flexibility index (Phi) is 2.89. The van der Waals surface area contributed by atoms with E-state index in [0.29, 0.717) is 5.75 Å². The molecule has 0 radical (unpaired) electrons. The van der Waals surface area contributed by atoms with Gasteiger partial charge < -0.3 is 4.74 Å². The molecule has 4 heteroatoms. The molecule has 62 valence electrons. The van der Waals surface area contributed by atoms with E-state index in [2.05, 4.69) is 0 Å². The molecule has 0 aromatic heterocycles. The van der Waals surface area contributed by atoms with Crippen molar-refractivity contribution in [3.05, 3.63) is 29.0 Å². The van der Waals surface area contributed by atoms with E-state index >= 15 is 0 Å². The van der Waals surface area contributed by atoms with Crippen LogP contribution in [0.4, 0.5) is 4.39 Å². The molecule has 2 nitrogen and oxygen atoms in total. The Balaban J connectivity index is 2.81. The van der Waals surface area contributed by atoms with E-state index in [1.54, 1.807) is 6.07 Å². The lowest BCUT2D eigenvalue weighted by Gasteiger charge is -2.02. The van der Waals surface area contributed by atoms with Gasteiger partial charge in [-0.25, -0.2) is 4.39 Å². The zero-order valence-corrected chi connectivity index (χ0v) is 6.81.